The average molecular weight is 239 g/mol. The van der Waals surface area contributed by atoms with Crippen LogP contribution < -0.4 is 5.32 Å². The molecule has 88 valence electrons. The van der Waals surface area contributed by atoms with Gasteiger partial charge >= 0.3 is 0 Å². The van der Waals surface area contributed by atoms with Crippen molar-refractivity contribution in [3.8, 4) is 0 Å². The predicted molar refractivity (Wildman–Crippen MR) is 67.0 cm³/mol. The van der Waals surface area contributed by atoms with E-state index >= 15 is 0 Å². The van der Waals surface area contributed by atoms with Gasteiger partial charge in [0.1, 0.15) is 0 Å². The molecule has 0 fully saturated rings. The van der Waals surface area contributed by atoms with Crippen LogP contribution in [0.2, 0.25) is 0 Å². The van der Waals surface area contributed by atoms with Crippen molar-refractivity contribution in [3.05, 3.63) is 29.8 Å². The molecule has 1 aromatic rings. The van der Waals surface area contributed by atoms with E-state index in [-0.39, 0.29) is 11.9 Å². The number of carbonyl (C=O) groups excluding carboxylic acids is 1. The first-order valence-corrected chi connectivity index (χ1v) is 6.33. The van der Waals surface area contributed by atoms with Crippen molar-refractivity contribution in [3.63, 3.8) is 0 Å². The largest absolute Gasteiger partial charge is 0.383 e. The number of amides is 1. The van der Waals surface area contributed by atoms with Crippen LogP contribution in [0.25, 0.3) is 0 Å². The zero-order chi connectivity index (χ0) is 12.0. The van der Waals surface area contributed by atoms with Crippen LogP contribution in [0, 0.1) is 0 Å². The standard InChI is InChI=1S/C12H17NO2S/c1-9(8-15-2)13-12(14)10-4-6-11(16-3)7-5-10/h4-7,9H,8H2,1-3H3,(H,13,14). The molecule has 16 heavy (non-hydrogen) atoms. The third-order valence-corrected chi connectivity index (χ3v) is 2.89. The molecule has 1 N–H and O–H groups in total. The number of nitrogens with one attached hydrogen (secondary N) is 1. The quantitative estimate of drug-likeness (QED) is 0.800. The van der Waals surface area contributed by atoms with E-state index in [0.29, 0.717) is 12.2 Å². The summed E-state index contributed by atoms with van der Waals surface area (Å²) in [4.78, 5) is 12.9. The van der Waals surface area contributed by atoms with Gasteiger partial charge in [-0.2, -0.15) is 0 Å². The molecule has 1 unspecified atom stereocenters. The Morgan fingerprint density at radius 1 is 1.44 bits per heavy atom. The van der Waals surface area contributed by atoms with E-state index in [0.717, 1.165) is 4.90 Å². The zero-order valence-corrected chi connectivity index (χ0v) is 10.6. The van der Waals surface area contributed by atoms with Gasteiger partial charge in [0.15, 0.2) is 0 Å². The molecule has 0 aliphatic carbocycles. The predicted octanol–water partition coefficient (Wildman–Crippen LogP) is 2.17. The number of methoxy groups -OCH3 is 1. The molecule has 0 saturated heterocycles. The second kappa shape index (κ2) is 6.55. The number of hydrogen-bond acceptors (Lipinski definition) is 3. The van der Waals surface area contributed by atoms with E-state index in [9.17, 15) is 4.79 Å². The van der Waals surface area contributed by atoms with Crippen molar-refractivity contribution < 1.29 is 9.53 Å². The van der Waals surface area contributed by atoms with Gasteiger partial charge in [-0.3, -0.25) is 4.79 Å². The minimum Gasteiger partial charge on any atom is -0.383 e. The van der Waals surface area contributed by atoms with Crippen molar-refractivity contribution in [2.75, 3.05) is 20.0 Å². The molecule has 0 bridgehead atoms. The Morgan fingerprint density at radius 3 is 2.56 bits per heavy atom. The fourth-order valence-electron chi connectivity index (χ4n) is 1.34. The molecular formula is C12H17NO2S. The third-order valence-electron chi connectivity index (χ3n) is 2.15. The Kier molecular flexibility index (Phi) is 5.35. The lowest BCUT2D eigenvalue weighted by Gasteiger charge is -2.12. The number of rotatable bonds is 5. The van der Waals surface area contributed by atoms with Crippen LogP contribution >= 0.6 is 11.8 Å². The summed E-state index contributed by atoms with van der Waals surface area (Å²) in [6, 6.07) is 7.58. The summed E-state index contributed by atoms with van der Waals surface area (Å²) in [6.45, 7) is 2.44. The molecule has 3 nitrogen and oxygen atoms in total. The summed E-state index contributed by atoms with van der Waals surface area (Å²) in [5.74, 6) is -0.0581. The number of ether oxygens (including phenoxy) is 1. The molecule has 0 aromatic heterocycles. The second-order valence-electron chi connectivity index (χ2n) is 3.56. The summed E-state index contributed by atoms with van der Waals surface area (Å²) >= 11 is 1.66. The third kappa shape index (κ3) is 3.87. The minimum absolute atomic E-state index is 0.0257. The van der Waals surface area contributed by atoms with Crippen LogP contribution in [0.4, 0.5) is 0 Å². The topological polar surface area (TPSA) is 38.3 Å². The van der Waals surface area contributed by atoms with Crippen LogP contribution in [0.1, 0.15) is 17.3 Å². The summed E-state index contributed by atoms with van der Waals surface area (Å²) in [5.41, 5.74) is 0.681. The van der Waals surface area contributed by atoms with Crippen LogP contribution in [0.3, 0.4) is 0 Å². The maximum Gasteiger partial charge on any atom is 0.251 e. The highest BCUT2D eigenvalue weighted by molar-refractivity contribution is 7.98. The summed E-state index contributed by atoms with van der Waals surface area (Å²) in [6.07, 6.45) is 2.01. The number of thioether (sulfide) groups is 1. The molecule has 0 saturated carbocycles. The van der Waals surface area contributed by atoms with Crippen molar-refractivity contribution in [1.29, 1.82) is 0 Å². The molecular weight excluding hydrogens is 222 g/mol. The van der Waals surface area contributed by atoms with Crippen molar-refractivity contribution >= 4 is 17.7 Å². The molecule has 1 rings (SSSR count). The van der Waals surface area contributed by atoms with Gasteiger partial charge in [-0.1, -0.05) is 0 Å². The first kappa shape index (κ1) is 13.1. The Hall–Kier alpha value is -1.00. The molecule has 0 aliphatic heterocycles. The van der Waals surface area contributed by atoms with Gasteiger partial charge < -0.3 is 10.1 Å². The highest BCUT2D eigenvalue weighted by Gasteiger charge is 2.08. The first-order chi connectivity index (χ1) is 7.67. The lowest BCUT2D eigenvalue weighted by atomic mass is 10.2. The van der Waals surface area contributed by atoms with Gasteiger partial charge in [-0.15, -0.1) is 11.8 Å². The van der Waals surface area contributed by atoms with Gasteiger partial charge in [0.05, 0.1) is 6.61 Å². The van der Waals surface area contributed by atoms with Gasteiger partial charge in [-0.05, 0) is 37.4 Å². The van der Waals surface area contributed by atoms with Crippen LogP contribution in [-0.2, 0) is 4.74 Å². The first-order valence-electron chi connectivity index (χ1n) is 5.11. The minimum atomic E-state index is -0.0581. The van der Waals surface area contributed by atoms with Crippen molar-refractivity contribution in [2.24, 2.45) is 0 Å². The Balaban J connectivity index is 2.59. The lowest BCUT2D eigenvalue weighted by molar-refractivity contribution is 0.0905. The van der Waals surface area contributed by atoms with E-state index in [1.807, 2.05) is 37.4 Å². The Labute approximate surface area is 101 Å². The summed E-state index contributed by atoms with van der Waals surface area (Å²) in [7, 11) is 1.62. The molecule has 1 aromatic carbocycles. The monoisotopic (exact) mass is 239 g/mol. The SMILES string of the molecule is COCC(C)NC(=O)c1ccc(SC)cc1. The Bertz CT molecular complexity index is 337. The van der Waals surface area contributed by atoms with E-state index < -0.39 is 0 Å². The average Bonchev–Trinajstić information content (AvgIpc) is 2.29. The maximum absolute atomic E-state index is 11.8. The molecule has 0 heterocycles. The van der Waals surface area contributed by atoms with Gasteiger partial charge in [-0.25, -0.2) is 0 Å². The molecule has 4 heteroatoms. The number of carbonyl (C=O) groups is 1. The van der Waals surface area contributed by atoms with E-state index in [1.54, 1.807) is 18.9 Å². The zero-order valence-electron chi connectivity index (χ0n) is 9.82. The van der Waals surface area contributed by atoms with Gasteiger partial charge in [0, 0.05) is 23.6 Å². The van der Waals surface area contributed by atoms with Crippen LogP contribution in [0.5, 0.6) is 0 Å². The fourth-order valence-corrected chi connectivity index (χ4v) is 1.75. The van der Waals surface area contributed by atoms with E-state index in [1.165, 1.54) is 0 Å². The normalized spacial score (nSPS) is 12.2. The molecule has 1 amide bonds. The second-order valence-corrected chi connectivity index (χ2v) is 4.44. The summed E-state index contributed by atoms with van der Waals surface area (Å²) in [5, 5.41) is 2.86. The lowest BCUT2D eigenvalue weighted by Crippen LogP contribution is -2.35. The van der Waals surface area contributed by atoms with Gasteiger partial charge in [0.25, 0.3) is 5.91 Å². The smallest absolute Gasteiger partial charge is 0.251 e. The molecule has 1 atom stereocenters. The van der Waals surface area contributed by atoms with Crippen molar-refractivity contribution in [2.45, 2.75) is 17.9 Å². The molecule has 0 radical (unpaired) electrons. The van der Waals surface area contributed by atoms with Gasteiger partial charge in [0.2, 0.25) is 0 Å². The number of benzene rings is 1. The molecule has 0 spiro atoms. The Morgan fingerprint density at radius 2 is 2.06 bits per heavy atom. The fraction of sp³-hybridized carbons (Fsp3) is 0.417. The molecule has 0 aliphatic rings. The summed E-state index contributed by atoms with van der Waals surface area (Å²) < 4.78 is 4.96. The van der Waals surface area contributed by atoms with Crippen molar-refractivity contribution in [1.82, 2.24) is 5.32 Å². The van der Waals surface area contributed by atoms with Crippen LogP contribution in [-0.4, -0.2) is 31.9 Å². The highest BCUT2D eigenvalue weighted by atomic mass is 32.2. The maximum atomic E-state index is 11.8. The van der Waals surface area contributed by atoms with E-state index in [2.05, 4.69) is 5.32 Å². The van der Waals surface area contributed by atoms with Crippen LogP contribution in [0.15, 0.2) is 29.2 Å². The van der Waals surface area contributed by atoms with E-state index in [4.69, 9.17) is 4.74 Å². The highest BCUT2D eigenvalue weighted by Crippen LogP contribution is 2.14. The number of hydrogen-bond donors (Lipinski definition) is 1.